The van der Waals surface area contributed by atoms with E-state index in [0.29, 0.717) is 5.92 Å². The van der Waals surface area contributed by atoms with Gasteiger partial charge in [-0.3, -0.25) is 0 Å². The van der Waals surface area contributed by atoms with E-state index in [4.69, 9.17) is 0 Å². The number of fused-ring (bicyclic) bond motifs is 1. The van der Waals surface area contributed by atoms with E-state index in [1.807, 2.05) is 18.4 Å². The molecule has 0 saturated carbocycles. The van der Waals surface area contributed by atoms with Gasteiger partial charge in [0.15, 0.2) is 0 Å². The molecular formula is C8H8N2. The molecule has 0 spiro atoms. The van der Waals surface area contributed by atoms with Crippen molar-refractivity contribution in [2.24, 2.45) is 15.9 Å². The van der Waals surface area contributed by atoms with E-state index in [0.717, 1.165) is 12.1 Å². The van der Waals surface area contributed by atoms with Gasteiger partial charge in [0.1, 0.15) is 6.34 Å². The minimum atomic E-state index is 0.440. The van der Waals surface area contributed by atoms with Crippen molar-refractivity contribution in [1.29, 1.82) is 0 Å². The van der Waals surface area contributed by atoms with Gasteiger partial charge in [-0.25, -0.2) is 9.98 Å². The van der Waals surface area contributed by atoms with E-state index in [9.17, 15) is 0 Å². The first-order valence-corrected chi connectivity index (χ1v) is 3.39. The van der Waals surface area contributed by atoms with Gasteiger partial charge in [0.2, 0.25) is 0 Å². The van der Waals surface area contributed by atoms with Gasteiger partial charge in [0.05, 0.1) is 5.70 Å². The Morgan fingerprint density at radius 2 is 2.50 bits per heavy atom. The fourth-order valence-electron chi connectivity index (χ4n) is 1.15. The van der Waals surface area contributed by atoms with Crippen molar-refractivity contribution in [2.45, 2.75) is 6.42 Å². The van der Waals surface area contributed by atoms with E-state index >= 15 is 0 Å². The summed E-state index contributed by atoms with van der Waals surface area (Å²) in [7, 11) is 0. The summed E-state index contributed by atoms with van der Waals surface area (Å²) in [6.07, 6.45) is 10.8. The highest BCUT2D eigenvalue weighted by Crippen LogP contribution is 2.20. The molecule has 0 amide bonds. The van der Waals surface area contributed by atoms with E-state index in [1.54, 1.807) is 6.34 Å². The predicted octanol–water partition coefficient (Wildman–Crippen LogP) is 1.56. The first-order chi connectivity index (χ1) is 4.97. The molecule has 0 fully saturated rings. The number of nitrogens with zero attached hydrogens (tertiary/aromatic N) is 2. The van der Waals surface area contributed by atoms with Crippen LogP contribution in [0.25, 0.3) is 0 Å². The summed E-state index contributed by atoms with van der Waals surface area (Å²) >= 11 is 0. The topological polar surface area (TPSA) is 24.7 Å². The molecule has 2 rings (SSSR count). The Bertz CT molecular complexity index is 246. The third-order valence-electron chi connectivity index (χ3n) is 1.71. The van der Waals surface area contributed by atoms with Crippen molar-refractivity contribution in [3.05, 3.63) is 23.9 Å². The Labute approximate surface area is 59.7 Å². The highest BCUT2D eigenvalue weighted by molar-refractivity contribution is 5.80. The normalized spacial score (nSPS) is 28.0. The molecule has 1 aliphatic carbocycles. The molecule has 2 heteroatoms. The highest BCUT2D eigenvalue weighted by atomic mass is 14.9. The molecule has 2 aliphatic rings. The molecule has 0 saturated heterocycles. The summed E-state index contributed by atoms with van der Waals surface area (Å²) in [6.45, 7) is 0. The van der Waals surface area contributed by atoms with Crippen LogP contribution in [0.4, 0.5) is 0 Å². The monoisotopic (exact) mass is 132 g/mol. The number of hydrogen-bond donors (Lipinski definition) is 0. The van der Waals surface area contributed by atoms with Crippen LogP contribution in [0.5, 0.6) is 0 Å². The molecule has 10 heavy (non-hydrogen) atoms. The Morgan fingerprint density at radius 3 is 3.40 bits per heavy atom. The zero-order valence-electron chi connectivity index (χ0n) is 5.57. The summed E-state index contributed by atoms with van der Waals surface area (Å²) in [5, 5.41) is 0. The molecule has 2 nitrogen and oxygen atoms in total. The SMILES string of the molecule is C1=CCC2C=NC=NC2=C1. The van der Waals surface area contributed by atoms with Crippen LogP contribution in [0.2, 0.25) is 0 Å². The van der Waals surface area contributed by atoms with Gasteiger partial charge >= 0.3 is 0 Å². The van der Waals surface area contributed by atoms with Gasteiger partial charge in [0, 0.05) is 12.1 Å². The van der Waals surface area contributed by atoms with Crippen molar-refractivity contribution < 1.29 is 0 Å². The molecular weight excluding hydrogens is 124 g/mol. The first kappa shape index (κ1) is 5.59. The summed E-state index contributed by atoms with van der Waals surface area (Å²) in [5.74, 6) is 0.440. The molecule has 0 N–H and O–H groups in total. The van der Waals surface area contributed by atoms with E-state index in [-0.39, 0.29) is 0 Å². The van der Waals surface area contributed by atoms with Crippen molar-refractivity contribution in [3.63, 3.8) is 0 Å². The summed E-state index contributed by atoms with van der Waals surface area (Å²) < 4.78 is 0. The molecule has 0 bridgehead atoms. The lowest BCUT2D eigenvalue weighted by Gasteiger charge is -2.14. The highest BCUT2D eigenvalue weighted by Gasteiger charge is 2.13. The fraction of sp³-hybridized carbons (Fsp3) is 0.250. The molecule has 0 aromatic carbocycles. The largest absolute Gasteiger partial charge is 0.249 e. The maximum atomic E-state index is 4.14. The van der Waals surface area contributed by atoms with Crippen LogP contribution in [0, 0.1) is 5.92 Å². The molecule has 1 aliphatic heterocycles. The molecule has 0 radical (unpaired) electrons. The Hall–Kier alpha value is -1.18. The average Bonchev–Trinajstić information content (AvgIpc) is 2.05. The maximum Gasteiger partial charge on any atom is 0.115 e. The summed E-state index contributed by atoms with van der Waals surface area (Å²) in [6, 6.07) is 0. The maximum absolute atomic E-state index is 4.14. The van der Waals surface area contributed by atoms with Crippen molar-refractivity contribution in [2.75, 3.05) is 0 Å². The van der Waals surface area contributed by atoms with Crippen LogP contribution in [-0.4, -0.2) is 12.6 Å². The van der Waals surface area contributed by atoms with Gasteiger partial charge < -0.3 is 0 Å². The lowest BCUT2D eigenvalue weighted by atomic mass is 9.98. The van der Waals surface area contributed by atoms with Gasteiger partial charge in [-0.05, 0) is 12.5 Å². The molecule has 0 aromatic rings. The van der Waals surface area contributed by atoms with Crippen LogP contribution < -0.4 is 0 Å². The average molecular weight is 132 g/mol. The Balaban J connectivity index is 2.34. The van der Waals surface area contributed by atoms with E-state index < -0.39 is 0 Å². The van der Waals surface area contributed by atoms with Crippen LogP contribution in [0.1, 0.15) is 6.42 Å². The zero-order chi connectivity index (χ0) is 6.81. The number of rotatable bonds is 0. The van der Waals surface area contributed by atoms with Gasteiger partial charge in [-0.1, -0.05) is 12.2 Å². The smallest absolute Gasteiger partial charge is 0.115 e. The number of hydrogen-bond acceptors (Lipinski definition) is 2. The molecule has 50 valence electrons. The lowest BCUT2D eigenvalue weighted by Crippen LogP contribution is -2.08. The van der Waals surface area contributed by atoms with Crippen LogP contribution in [0.15, 0.2) is 33.9 Å². The third kappa shape index (κ3) is 0.817. The number of aliphatic imine (C=N–C) groups is 2. The minimum Gasteiger partial charge on any atom is -0.249 e. The molecule has 1 unspecified atom stereocenters. The summed E-state index contributed by atoms with van der Waals surface area (Å²) in [5.41, 5.74) is 1.14. The third-order valence-corrected chi connectivity index (χ3v) is 1.71. The lowest BCUT2D eigenvalue weighted by molar-refractivity contribution is 0.807. The van der Waals surface area contributed by atoms with Gasteiger partial charge in [-0.2, -0.15) is 0 Å². The molecule has 1 atom stereocenters. The molecule has 0 aromatic heterocycles. The fourth-order valence-corrected chi connectivity index (χ4v) is 1.15. The quantitative estimate of drug-likeness (QED) is 0.478. The standard InChI is InChI=1S/C8H8N2/c1-2-4-8-7(3-1)5-9-6-10-8/h1-2,4-7H,3H2. The van der Waals surface area contributed by atoms with Crippen molar-refractivity contribution in [1.82, 2.24) is 0 Å². The van der Waals surface area contributed by atoms with Gasteiger partial charge in [-0.15, -0.1) is 0 Å². The predicted molar refractivity (Wildman–Crippen MR) is 42.3 cm³/mol. The Kier molecular flexibility index (Phi) is 1.24. The van der Waals surface area contributed by atoms with Crippen LogP contribution in [0.3, 0.4) is 0 Å². The van der Waals surface area contributed by atoms with Crippen molar-refractivity contribution in [3.8, 4) is 0 Å². The summed E-state index contributed by atoms with van der Waals surface area (Å²) in [4.78, 5) is 8.11. The van der Waals surface area contributed by atoms with Crippen LogP contribution in [-0.2, 0) is 0 Å². The molecule has 1 heterocycles. The second-order valence-electron chi connectivity index (χ2n) is 2.40. The second kappa shape index (κ2) is 2.21. The van der Waals surface area contributed by atoms with Gasteiger partial charge in [0.25, 0.3) is 0 Å². The van der Waals surface area contributed by atoms with E-state index in [1.165, 1.54) is 0 Å². The first-order valence-electron chi connectivity index (χ1n) is 3.39. The van der Waals surface area contributed by atoms with Crippen molar-refractivity contribution >= 4 is 12.6 Å². The zero-order valence-corrected chi connectivity index (χ0v) is 5.57. The Morgan fingerprint density at radius 1 is 1.50 bits per heavy atom. The second-order valence-corrected chi connectivity index (χ2v) is 2.40. The van der Waals surface area contributed by atoms with Crippen LogP contribution >= 0.6 is 0 Å². The minimum absolute atomic E-state index is 0.440. The van der Waals surface area contributed by atoms with E-state index in [2.05, 4.69) is 16.1 Å². The number of allylic oxidation sites excluding steroid dienone is 4.